The van der Waals surface area contributed by atoms with Gasteiger partial charge in [-0.2, -0.15) is 0 Å². The van der Waals surface area contributed by atoms with E-state index in [2.05, 4.69) is 0 Å². The van der Waals surface area contributed by atoms with E-state index in [1.54, 1.807) is 60.5 Å². The molecular formula is C31H27NO6. The highest BCUT2D eigenvalue weighted by Gasteiger charge is 2.37. The van der Waals surface area contributed by atoms with E-state index in [1.807, 2.05) is 42.5 Å². The zero-order chi connectivity index (χ0) is 26.6. The second-order valence-corrected chi connectivity index (χ2v) is 9.15. The molecule has 0 spiro atoms. The van der Waals surface area contributed by atoms with Gasteiger partial charge >= 0.3 is 5.97 Å². The molecule has 0 N–H and O–H groups in total. The van der Waals surface area contributed by atoms with Gasteiger partial charge in [0, 0.05) is 29.6 Å². The highest BCUT2D eigenvalue weighted by molar-refractivity contribution is 6.02. The molecule has 7 nitrogen and oxygen atoms in total. The molecule has 0 aliphatic carbocycles. The summed E-state index contributed by atoms with van der Waals surface area (Å²) >= 11 is 0. The first-order chi connectivity index (χ1) is 18.4. The normalized spacial score (nSPS) is 15.8. The zero-order valence-corrected chi connectivity index (χ0v) is 21.1. The van der Waals surface area contributed by atoms with E-state index in [-0.39, 0.29) is 24.7 Å². The third-order valence-electron chi connectivity index (χ3n) is 6.62. The molecule has 1 aliphatic rings. The number of Topliss-reactive ketones (excluding diaryl/α,β-unsaturated/α-hetero) is 1. The fourth-order valence-corrected chi connectivity index (χ4v) is 4.53. The Labute approximate surface area is 220 Å². The van der Waals surface area contributed by atoms with E-state index >= 15 is 0 Å². The minimum absolute atomic E-state index is 0.0243. The lowest BCUT2D eigenvalue weighted by Gasteiger charge is -2.18. The molecule has 2 atom stereocenters. The van der Waals surface area contributed by atoms with Crippen LogP contribution in [0.2, 0.25) is 0 Å². The van der Waals surface area contributed by atoms with Crippen LogP contribution < -0.4 is 14.4 Å². The molecule has 4 aromatic rings. The van der Waals surface area contributed by atoms with Crippen LogP contribution in [0.4, 0.5) is 5.69 Å². The van der Waals surface area contributed by atoms with Crippen LogP contribution in [0.1, 0.15) is 23.7 Å². The minimum Gasteiger partial charge on any atom is -0.497 e. The molecule has 5 rings (SSSR count). The number of fused-ring (bicyclic) bond motifs is 1. The number of hydrogen-bond acceptors (Lipinski definition) is 6. The summed E-state index contributed by atoms with van der Waals surface area (Å²) in [6.45, 7) is 1.72. The number of carbonyl (C=O) groups excluding carboxylic acids is 3. The molecule has 0 bridgehead atoms. The standard InChI is InChI=1S/C31H27NO6/c1-20(30(34)22-10-14-25(36-2)15-11-22)37-31(35)23-18-29(33)32(19-23)24-12-16-26(17-13-24)38-28-9-5-7-21-6-3-4-8-27(21)28/h3-17,20,23H,18-19H2,1-2H3/t20-,23+/m1/s1. The maximum Gasteiger partial charge on any atom is 0.312 e. The number of anilines is 1. The van der Waals surface area contributed by atoms with E-state index in [0.29, 0.717) is 22.7 Å². The number of nitrogens with zero attached hydrogens (tertiary/aromatic N) is 1. The zero-order valence-electron chi connectivity index (χ0n) is 21.1. The Bertz CT molecular complexity index is 1470. The third kappa shape index (κ3) is 5.22. The molecule has 1 saturated heterocycles. The quantitative estimate of drug-likeness (QED) is 0.220. The number of ketones is 1. The summed E-state index contributed by atoms with van der Waals surface area (Å²) < 4.78 is 16.6. The van der Waals surface area contributed by atoms with Crippen LogP contribution in [0.5, 0.6) is 17.2 Å². The van der Waals surface area contributed by atoms with Gasteiger partial charge in [-0.1, -0.05) is 36.4 Å². The summed E-state index contributed by atoms with van der Waals surface area (Å²) in [7, 11) is 1.54. The Morgan fingerprint density at radius 3 is 2.29 bits per heavy atom. The van der Waals surface area contributed by atoms with E-state index in [9.17, 15) is 14.4 Å². The number of hydrogen-bond donors (Lipinski definition) is 0. The molecule has 1 heterocycles. The van der Waals surface area contributed by atoms with E-state index in [1.165, 1.54) is 6.92 Å². The monoisotopic (exact) mass is 509 g/mol. The van der Waals surface area contributed by atoms with Gasteiger partial charge in [0.15, 0.2) is 6.10 Å². The van der Waals surface area contributed by atoms with Crippen LogP contribution >= 0.6 is 0 Å². The molecule has 0 unspecified atom stereocenters. The van der Waals surface area contributed by atoms with Crippen molar-refractivity contribution in [3.63, 3.8) is 0 Å². The molecule has 1 fully saturated rings. The largest absolute Gasteiger partial charge is 0.497 e. The van der Waals surface area contributed by atoms with Crippen molar-refractivity contribution in [2.75, 3.05) is 18.6 Å². The van der Waals surface area contributed by atoms with Crippen molar-refractivity contribution in [1.82, 2.24) is 0 Å². The van der Waals surface area contributed by atoms with Gasteiger partial charge in [-0.15, -0.1) is 0 Å². The van der Waals surface area contributed by atoms with Crippen LogP contribution in [0.3, 0.4) is 0 Å². The van der Waals surface area contributed by atoms with E-state index in [0.717, 1.165) is 16.5 Å². The van der Waals surface area contributed by atoms with Crippen molar-refractivity contribution in [3.8, 4) is 17.2 Å². The number of carbonyl (C=O) groups is 3. The average molecular weight is 510 g/mol. The van der Waals surface area contributed by atoms with Gasteiger partial charge in [0.25, 0.3) is 0 Å². The van der Waals surface area contributed by atoms with Gasteiger partial charge in [-0.05, 0) is 66.9 Å². The molecular weight excluding hydrogens is 482 g/mol. The van der Waals surface area contributed by atoms with Crippen LogP contribution in [0, 0.1) is 5.92 Å². The van der Waals surface area contributed by atoms with Gasteiger partial charge in [0.05, 0.1) is 13.0 Å². The Kier molecular flexibility index (Phi) is 7.09. The second-order valence-electron chi connectivity index (χ2n) is 9.15. The number of benzene rings is 4. The van der Waals surface area contributed by atoms with Crippen molar-refractivity contribution in [2.45, 2.75) is 19.4 Å². The SMILES string of the molecule is COc1ccc(C(=O)[C@@H](C)OC(=O)[C@H]2CC(=O)N(c3ccc(Oc4cccc5ccccc45)cc3)C2)cc1. The number of rotatable bonds is 8. The summed E-state index contributed by atoms with van der Waals surface area (Å²) in [4.78, 5) is 39.7. The van der Waals surface area contributed by atoms with Crippen molar-refractivity contribution in [2.24, 2.45) is 5.92 Å². The Morgan fingerprint density at radius 2 is 1.55 bits per heavy atom. The number of ether oxygens (including phenoxy) is 3. The van der Waals surface area contributed by atoms with Gasteiger partial charge < -0.3 is 19.1 Å². The molecule has 4 aromatic carbocycles. The van der Waals surface area contributed by atoms with Gasteiger partial charge in [0.1, 0.15) is 17.2 Å². The Balaban J connectivity index is 1.21. The first kappa shape index (κ1) is 25.0. The second kappa shape index (κ2) is 10.8. The predicted octanol–water partition coefficient (Wildman–Crippen LogP) is 5.81. The number of esters is 1. The van der Waals surface area contributed by atoms with E-state index < -0.39 is 18.0 Å². The van der Waals surface area contributed by atoms with Crippen molar-refractivity contribution >= 4 is 34.1 Å². The Morgan fingerprint density at radius 1 is 0.868 bits per heavy atom. The molecule has 192 valence electrons. The molecule has 0 aromatic heterocycles. The predicted molar refractivity (Wildman–Crippen MR) is 144 cm³/mol. The Hall–Kier alpha value is -4.65. The van der Waals surface area contributed by atoms with Crippen molar-refractivity contribution in [1.29, 1.82) is 0 Å². The third-order valence-corrected chi connectivity index (χ3v) is 6.62. The average Bonchev–Trinajstić information content (AvgIpc) is 3.35. The molecule has 0 radical (unpaired) electrons. The van der Waals surface area contributed by atoms with Crippen molar-refractivity contribution < 1.29 is 28.6 Å². The molecule has 7 heteroatoms. The first-order valence-electron chi connectivity index (χ1n) is 12.4. The number of amides is 1. The molecule has 38 heavy (non-hydrogen) atoms. The fourth-order valence-electron chi connectivity index (χ4n) is 4.53. The minimum atomic E-state index is -0.967. The maximum absolute atomic E-state index is 12.8. The van der Waals surface area contributed by atoms with Crippen LogP contribution in [0.15, 0.2) is 91.0 Å². The maximum atomic E-state index is 12.8. The van der Waals surface area contributed by atoms with E-state index in [4.69, 9.17) is 14.2 Å². The van der Waals surface area contributed by atoms with Crippen molar-refractivity contribution in [3.05, 3.63) is 96.6 Å². The summed E-state index contributed by atoms with van der Waals surface area (Å²) in [6.07, 6.45) is -0.943. The van der Waals surface area contributed by atoms with Crippen LogP contribution in [-0.4, -0.2) is 37.4 Å². The number of methoxy groups -OCH3 is 1. The molecule has 1 amide bonds. The summed E-state index contributed by atoms with van der Waals surface area (Å²) in [5, 5.41) is 2.09. The fraction of sp³-hybridized carbons (Fsp3) is 0.194. The van der Waals surface area contributed by atoms with Crippen LogP contribution in [-0.2, 0) is 14.3 Å². The summed E-state index contributed by atoms with van der Waals surface area (Å²) in [5.41, 5.74) is 1.08. The smallest absolute Gasteiger partial charge is 0.312 e. The molecule has 1 aliphatic heterocycles. The summed E-state index contributed by atoms with van der Waals surface area (Å²) in [6, 6.07) is 27.7. The lowest BCUT2D eigenvalue weighted by atomic mass is 10.1. The summed E-state index contributed by atoms with van der Waals surface area (Å²) in [5.74, 6) is 0.302. The van der Waals surface area contributed by atoms with Gasteiger partial charge in [0.2, 0.25) is 11.7 Å². The lowest BCUT2D eigenvalue weighted by Crippen LogP contribution is -2.30. The first-order valence-corrected chi connectivity index (χ1v) is 12.4. The lowest BCUT2D eigenvalue weighted by molar-refractivity contribution is -0.151. The molecule has 0 saturated carbocycles. The topological polar surface area (TPSA) is 82.1 Å². The highest BCUT2D eigenvalue weighted by Crippen LogP contribution is 2.32. The van der Waals surface area contributed by atoms with Gasteiger partial charge in [-0.25, -0.2) is 0 Å². The van der Waals surface area contributed by atoms with Crippen LogP contribution in [0.25, 0.3) is 10.8 Å². The highest BCUT2D eigenvalue weighted by atomic mass is 16.5. The van der Waals surface area contributed by atoms with Gasteiger partial charge in [-0.3, -0.25) is 14.4 Å².